The first kappa shape index (κ1) is 23.9. The van der Waals surface area contributed by atoms with Gasteiger partial charge in [-0.2, -0.15) is 5.10 Å². The standard InChI is InChI=1S/C21H29N5O3.ClH/c1-15-4-6-18(7-5-15)26-19(12-16(2)23-26)22-20(27)13-25-10-8-17(9-11-25)24(3)14-21(28)29;/h4-7,12,17H,8-11,13-14H2,1-3H3,(H,22,27)(H,28,29);1H. The minimum Gasteiger partial charge on any atom is -0.480 e. The molecule has 0 saturated carbocycles. The summed E-state index contributed by atoms with van der Waals surface area (Å²) in [6.45, 7) is 5.85. The molecule has 0 atom stereocenters. The van der Waals surface area contributed by atoms with Crippen molar-refractivity contribution >= 4 is 30.1 Å². The van der Waals surface area contributed by atoms with Crippen LogP contribution in [0.4, 0.5) is 5.82 Å². The number of carbonyl (C=O) groups excluding carboxylic acids is 1. The number of nitrogens with zero attached hydrogens (tertiary/aromatic N) is 4. The van der Waals surface area contributed by atoms with Crippen molar-refractivity contribution in [3.63, 3.8) is 0 Å². The van der Waals surface area contributed by atoms with E-state index in [2.05, 4.69) is 15.3 Å². The van der Waals surface area contributed by atoms with Crippen LogP contribution in [0, 0.1) is 13.8 Å². The number of hydrogen-bond acceptors (Lipinski definition) is 5. The summed E-state index contributed by atoms with van der Waals surface area (Å²) in [6, 6.07) is 10.1. The number of likely N-dealkylation sites (N-methyl/N-ethyl adjacent to an activating group) is 1. The Hall–Kier alpha value is -2.42. The molecule has 0 bridgehead atoms. The highest BCUT2D eigenvalue weighted by Crippen LogP contribution is 2.19. The molecular formula is C21H30ClN5O3. The van der Waals surface area contributed by atoms with E-state index < -0.39 is 5.97 Å². The lowest BCUT2D eigenvalue weighted by Gasteiger charge is -2.35. The van der Waals surface area contributed by atoms with Crippen molar-refractivity contribution < 1.29 is 14.7 Å². The van der Waals surface area contributed by atoms with Crippen LogP contribution in [0.3, 0.4) is 0 Å². The summed E-state index contributed by atoms with van der Waals surface area (Å²) in [5, 5.41) is 16.4. The van der Waals surface area contributed by atoms with Gasteiger partial charge in [0, 0.05) is 25.2 Å². The molecular weight excluding hydrogens is 406 g/mol. The van der Waals surface area contributed by atoms with E-state index in [9.17, 15) is 9.59 Å². The lowest BCUT2D eigenvalue weighted by atomic mass is 10.0. The third-order valence-electron chi connectivity index (χ3n) is 5.31. The number of nitrogens with one attached hydrogen (secondary N) is 1. The summed E-state index contributed by atoms with van der Waals surface area (Å²) in [6.07, 6.45) is 1.72. The van der Waals surface area contributed by atoms with Gasteiger partial charge in [0.1, 0.15) is 5.82 Å². The zero-order chi connectivity index (χ0) is 21.0. The Kier molecular flexibility index (Phi) is 8.40. The summed E-state index contributed by atoms with van der Waals surface area (Å²) >= 11 is 0. The van der Waals surface area contributed by atoms with Gasteiger partial charge < -0.3 is 10.4 Å². The average molecular weight is 436 g/mol. The first-order valence-corrected chi connectivity index (χ1v) is 9.90. The molecule has 1 aromatic heterocycles. The summed E-state index contributed by atoms with van der Waals surface area (Å²) in [4.78, 5) is 27.5. The molecule has 9 heteroatoms. The highest BCUT2D eigenvalue weighted by Gasteiger charge is 2.25. The molecule has 0 radical (unpaired) electrons. The molecule has 1 aliphatic rings. The molecule has 164 valence electrons. The number of piperidine rings is 1. The Morgan fingerprint density at radius 2 is 1.83 bits per heavy atom. The van der Waals surface area contributed by atoms with Gasteiger partial charge in [0.2, 0.25) is 5.91 Å². The number of anilines is 1. The Bertz CT molecular complexity index is 860. The number of rotatable bonds is 7. The van der Waals surface area contributed by atoms with Gasteiger partial charge >= 0.3 is 5.97 Å². The minimum absolute atomic E-state index is 0. The fraction of sp³-hybridized carbons (Fsp3) is 0.476. The lowest BCUT2D eigenvalue weighted by molar-refractivity contribution is -0.138. The number of likely N-dealkylation sites (tertiary alicyclic amines) is 1. The van der Waals surface area contributed by atoms with E-state index in [1.54, 1.807) is 4.68 Å². The van der Waals surface area contributed by atoms with E-state index >= 15 is 0 Å². The lowest BCUT2D eigenvalue weighted by Crippen LogP contribution is -2.46. The van der Waals surface area contributed by atoms with Gasteiger partial charge in [-0.3, -0.25) is 19.4 Å². The van der Waals surface area contributed by atoms with Crippen molar-refractivity contribution in [2.45, 2.75) is 32.7 Å². The van der Waals surface area contributed by atoms with Crippen molar-refractivity contribution in [1.29, 1.82) is 0 Å². The molecule has 8 nitrogen and oxygen atoms in total. The first-order valence-electron chi connectivity index (χ1n) is 9.90. The van der Waals surface area contributed by atoms with Crippen molar-refractivity contribution in [3.05, 3.63) is 41.6 Å². The molecule has 2 N–H and O–H groups in total. The number of aromatic nitrogens is 2. The largest absolute Gasteiger partial charge is 0.480 e. The topological polar surface area (TPSA) is 90.7 Å². The summed E-state index contributed by atoms with van der Waals surface area (Å²) < 4.78 is 1.75. The SMILES string of the molecule is Cc1ccc(-n2nc(C)cc2NC(=O)CN2CCC(N(C)CC(=O)O)CC2)cc1.Cl. The van der Waals surface area contributed by atoms with E-state index in [1.807, 2.05) is 56.1 Å². The fourth-order valence-electron chi connectivity index (χ4n) is 3.72. The molecule has 30 heavy (non-hydrogen) atoms. The zero-order valence-corrected chi connectivity index (χ0v) is 18.5. The maximum Gasteiger partial charge on any atom is 0.317 e. The van der Waals surface area contributed by atoms with Crippen LogP contribution in [0.1, 0.15) is 24.1 Å². The van der Waals surface area contributed by atoms with Crippen LogP contribution in [-0.4, -0.2) is 75.8 Å². The summed E-state index contributed by atoms with van der Waals surface area (Å²) in [7, 11) is 1.84. The van der Waals surface area contributed by atoms with Crippen molar-refractivity contribution in [3.8, 4) is 5.69 Å². The molecule has 1 aliphatic heterocycles. The number of aryl methyl sites for hydroxylation is 2. The van der Waals surface area contributed by atoms with Crippen LogP contribution in [0.5, 0.6) is 0 Å². The van der Waals surface area contributed by atoms with Crippen molar-refractivity contribution in [1.82, 2.24) is 19.6 Å². The molecule has 0 spiro atoms. The number of amides is 1. The van der Waals surface area contributed by atoms with Gasteiger partial charge in [-0.1, -0.05) is 17.7 Å². The van der Waals surface area contributed by atoms with E-state index in [0.717, 1.165) is 37.3 Å². The maximum absolute atomic E-state index is 12.6. The van der Waals surface area contributed by atoms with Gasteiger partial charge in [0.15, 0.2) is 0 Å². The highest BCUT2D eigenvalue weighted by molar-refractivity contribution is 5.91. The van der Waals surface area contributed by atoms with Crippen molar-refractivity contribution in [2.24, 2.45) is 0 Å². The number of carboxylic acids is 1. The van der Waals surface area contributed by atoms with Gasteiger partial charge in [0.25, 0.3) is 0 Å². The van der Waals surface area contributed by atoms with E-state index in [4.69, 9.17) is 5.11 Å². The van der Waals surface area contributed by atoms with Gasteiger partial charge in [-0.25, -0.2) is 4.68 Å². The second-order valence-corrected chi connectivity index (χ2v) is 7.78. The number of hydrogen-bond donors (Lipinski definition) is 2. The Morgan fingerprint density at radius 3 is 2.43 bits per heavy atom. The molecule has 1 fully saturated rings. The smallest absolute Gasteiger partial charge is 0.317 e. The zero-order valence-electron chi connectivity index (χ0n) is 17.7. The van der Waals surface area contributed by atoms with Gasteiger partial charge in [0.05, 0.1) is 24.5 Å². The molecule has 1 saturated heterocycles. The number of carbonyl (C=O) groups is 2. The summed E-state index contributed by atoms with van der Waals surface area (Å²) in [5.41, 5.74) is 2.91. The van der Waals surface area contributed by atoms with Crippen LogP contribution in [-0.2, 0) is 9.59 Å². The second kappa shape index (κ2) is 10.6. The Labute approximate surface area is 183 Å². The predicted octanol–water partition coefficient (Wildman–Crippen LogP) is 2.33. The summed E-state index contributed by atoms with van der Waals surface area (Å²) in [5.74, 6) is -0.224. The average Bonchev–Trinajstić information content (AvgIpc) is 3.02. The number of halogens is 1. The van der Waals surface area contributed by atoms with Crippen LogP contribution in [0.15, 0.2) is 30.3 Å². The van der Waals surface area contributed by atoms with E-state index in [1.165, 1.54) is 5.56 Å². The van der Waals surface area contributed by atoms with Crippen LogP contribution in [0.2, 0.25) is 0 Å². The molecule has 1 amide bonds. The predicted molar refractivity (Wildman–Crippen MR) is 119 cm³/mol. The van der Waals surface area contributed by atoms with Crippen LogP contribution < -0.4 is 5.32 Å². The third-order valence-corrected chi connectivity index (χ3v) is 5.31. The van der Waals surface area contributed by atoms with Gasteiger partial charge in [-0.15, -0.1) is 12.4 Å². The molecule has 3 rings (SSSR count). The number of carboxylic acid groups (broad SMARTS) is 1. The minimum atomic E-state index is -0.810. The van der Waals surface area contributed by atoms with Crippen LogP contribution >= 0.6 is 12.4 Å². The van der Waals surface area contributed by atoms with Crippen LogP contribution in [0.25, 0.3) is 5.69 Å². The normalized spacial score (nSPS) is 15.1. The quantitative estimate of drug-likeness (QED) is 0.693. The molecule has 2 aromatic rings. The Balaban J connectivity index is 0.00000320. The van der Waals surface area contributed by atoms with Crippen molar-refractivity contribution in [2.75, 3.05) is 38.5 Å². The Morgan fingerprint density at radius 1 is 1.20 bits per heavy atom. The van der Waals surface area contributed by atoms with Gasteiger partial charge in [-0.05, 0) is 45.9 Å². The molecule has 1 aromatic carbocycles. The van der Waals surface area contributed by atoms with E-state index in [0.29, 0.717) is 12.4 Å². The third kappa shape index (κ3) is 6.29. The number of aliphatic carboxylic acids is 1. The monoisotopic (exact) mass is 435 g/mol. The highest BCUT2D eigenvalue weighted by atomic mass is 35.5. The van der Waals surface area contributed by atoms with E-state index in [-0.39, 0.29) is 30.9 Å². The maximum atomic E-state index is 12.6. The fourth-order valence-corrected chi connectivity index (χ4v) is 3.72. The molecule has 2 heterocycles. The number of benzene rings is 1. The molecule has 0 unspecified atom stereocenters. The first-order chi connectivity index (χ1) is 13.8. The molecule has 0 aliphatic carbocycles. The second-order valence-electron chi connectivity index (χ2n) is 7.78.